The summed E-state index contributed by atoms with van der Waals surface area (Å²) in [7, 11) is 0. The van der Waals surface area contributed by atoms with Gasteiger partial charge in [-0.3, -0.25) is 10.1 Å². The van der Waals surface area contributed by atoms with Gasteiger partial charge in [0.05, 0.1) is 10.6 Å². The zero-order valence-electron chi connectivity index (χ0n) is 11.1. The van der Waals surface area contributed by atoms with Crippen molar-refractivity contribution in [3.05, 3.63) is 50.2 Å². The molecule has 0 saturated heterocycles. The molecule has 2 aromatic rings. The smallest absolute Gasteiger partial charge is 0.313 e. The predicted molar refractivity (Wildman–Crippen MR) is 74.4 cm³/mol. The van der Waals surface area contributed by atoms with Crippen LogP contribution < -0.4 is 4.74 Å². The van der Waals surface area contributed by atoms with E-state index in [0.29, 0.717) is 11.3 Å². The first kappa shape index (κ1) is 14.7. The van der Waals surface area contributed by atoms with Crippen LogP contribution in [0.25, 0.3) is 0 Å². The molecule has 0 saturated carbocycles. The highest BCUT2D eigenvalue weighted by molar-refractivity contribution is 6.30. The first-order valence-electron chi connectivity index (χ1n) is 5.79. The molecule has 1 aromatic heterocycles. The van der Waals surface area contributed by atoms with Crippen LogP contribution in [0.1, 0.15) is 16.8 Å². The van der Waals surface area contributed by atoms with Crippen LogP contribution in [0.4, 0.5) is 5.69 Å². The second kappa shape index (κ2) is 5.73. The summed E-state index contributed by atoms with van der Waals surface area (Å²) in [5.41, 5.74) is 1.07. The Balaban J connectivity index is 2.52. The van der Waals surface area contributed by atoms with Gasteiger partial charge in [0.25, 0.3) is 5.88 Å². The topological polar surface area (TPSA) is 102 Å². The van der Waals surface area contributed by atoms with E-state index < -0.39 is 4.92 Å². The Labute approximate surface area is 124 Å². The number of nitriles is 1. The van der Waals surface area contributed by atoms with E-state index in [0.717, 1.165) is 6.07 Å². The molecular weight excluding hydrogens is 296 g/mol. The molecule has 0 aliphatic heterocycles. The Kier molecular flexibility index (Phi) is 4.00. The van der Waals surface area contributed by atoms with E-state index in [-0.39, 0.29) is 27.9 Å². The molecule has 0 atom stereocenters. The predicted octanol–water partition coefficient (Wildman–Crippen LogP) is 3.32. The van der Waals surface area contributed by atoms with E-state index in [2.05, 4.69) is 10.2 Å². The number of ether oxygens (including phenoxy) is 1. The van der Waals surface area contributed by atoms with Crippen LogP contribution in [-0.2, 0) is 0 Å². The van der Waals surface area contributed by atoms with Crippen molar-refractivity contribution in [2.24, 2.45) is 0 Å². The molecule has 1 aromatic carbocycles. The number of benzene rings is 1. The number of hydrogen-bond acceptors (Lipinski definition) is 6. The normalized spacial score (nSPS) is 10.0. The number of nitrogens with zero attached hydrogens (tertiary/aromatic N) is 4. The molecule has 0 spiro atoms. The Morgan fingerprint density at radius 3 is 2.71 bits per heavy atom. The van der Waals surface area contributed by atoms with Gasteiger partial charge in [-0.2, -0.15) is 10.4 Å². The van der Waals surface area contributed by atoms with Crippen molar-refractivity contribution in [3.8, 4) is 17.7 Å². The average molecular weight is 305 g/mol. The van der Waals surface area contributed by atoms with Crippen molar-refractivity contribution in [2.75, 3.05) is 0 Å². The lowest BCUT2D eigenvalue weighted by molar-refractivity contribution is -0.385. The molecule has 7 nitrogen and oxygen atoms in total. The van der Waals surface area contributed by atoms with Crippen LogP contribution in [0.3, 0.4) is 0 Å². The van der Waals surface area contributed by atoms with Gasteiger partial charge < -0.3 is 4.74 Å². The number of rotatable bonds is 3. The lowest BCUT2D eigenvalue weighted by Crippen LogP contribution is -2.01. The zero-order valence-corrected chi connectivity index (χ0v) is 11.9. The number of halogens is 1. The molecule has 0 aliphatic carbocycles. The molecule has 8 heteroatoms. The maximum Gasteiger partial charge on any atom is 0.313 e. The summed E-state index contributed by atoms with van der Waals surface area (Å²) in [6.45, 7) is 3.41. The number of nitro groups is 1. The second-order valence-corrected chi connectivity index (χ2v) is 4.61. The van der Waals surface area contributed by atoms with Gasteiger partial charge in [0.1, 0.15) is 11.6 Å². The standard InChI is InChI=1S/C13H9ClN4O3/c1-7-8(2)16-17-13(10(7)6-15)21-12-4-3-9(14)5-11(12)18(19)20/h3-5H,1-2H3. The fraction of sp³-hybridized carbons (Fsp3) is 0.154. The van der Waals surface area contributed by atoms with Gasteiger partial charge in [-0.05, 0) is 31.5 Å². The lowest BCUT2D eigenvalue weighted by Gasteiger charge is -2.09. The van der Waals surface area contributed by atoms with Gasteiger partial charge in [-0.1, -0.05) is 11.6 Å². The SMILES string of the molecule is Cc1nnc(Oc2ccc(Cl)cc2[N+](=O)[O-])c(C#N)c1C. The zero-order chi connectivity index (χ0) is 15.6. The van der Waals surface area contributed by atoms with Crippen molar-refractivity contribution < 1.29 is 9.66 Å². The van der Waals surface area contributed by atoms with Crippen LogP contribution in [0.5, 0.6) is 11.6 Å². The molecule has 106 valence electrons. The highest BCUT2D eigenvalue weighted by atomic mass is 35.5. The van der Waals surface area contributed by atoms with Crippen LogP contribution in [0, 0.1) is 35.3 Å². The Morgan fingerprint density at radius 2 is 2.10 bits per heavy atom. The van der Waals surface area contributed by atoms with Gasteiger partial charge >= 0.3 is 5.69 Å². The quantitative estimate of drug-likeness (QED) is 0.636. The van der Waals surface area contributed by atoms with Crippen LogP contribution in [0.15, 0.2) is 18.2 Å². The van der Waals surface area contributed by atoms with Gasteiger partial charge in [-0.15, -0.1) is 5.10 Å². The van der Waals surface area contributed by atoms with E-state index in [1.54, 1.807) is 13.8 Å². The lowest BCUT2D eigenvalue weighted by atomic mass is 10.1. The number of hydrogen-bond donors (Lipinski definition) is 0. The molecule has 1 heterocycles. The third kappa shape index (κ3) is 2.90. The number of aromatic nitrogens is 2. The first-order chi connectivity index (χ1) is 9.93. The minimum absolute atomic E-state index is 0.0570. The largest absolute Gasteiger partial charge is 0.429 e. The summed E-state index contributed by atoms with van der Waals surface area (Å²) >= 11 is 5.73. The van der Waals surface area contributed by atoms with Gasteiger partial charge in [0, 0.05) is 11.1 Å². The van der Waals surface area contributed by atoms with Gasteiger partial charge in [0.15, 0.2) is 0 Å². The van der Waals surface area contributed by atoms with Gasteiger partial charge in [-0.25, -0.2) is 0 Å². The fourth-order valence-electron chi connectivity index (χ4n) is 1.61. The third-order valence-corrected chi connectivity index (χ3v) is 3.09. The third-order valence-electron chi connectivity index (χ3n) is 2.86. The Bertz CT molecular complexity index is 771. The summed E-state index contributed by atoms with van der Waals surface area (Å²) in [4.78, 5) is 10.4. The van der Waals surface area contributed by atoms with E-state index >= 15 is 0 Å². The molecule has 0 aliphatic rings. The fourth-order valence-corrected chi connectivity index (χ4v) is 1.78. The molecule has 0 N–H and O–H groups in total. The van der Waals surface area contributed by atoms with Crippen molar-refractivity contribution in [1.82, 2.24) is 10.2 Å². The van der Waals surface area contributed by atoms with Gasteiger partial charge in [0.2, 0.25) is 5.75 Å². The highest BCUT2D eigenvalue weighted by Crippen LogP contribution is 2.34. The summed E-state index contributed by atoms with van der Waals surface area (Å²) in [6, 6.07) is 5.92. The first-order valence-corrected chi connectivity index (χ1v) is 6.17. The highest BCUT2D eigenvalue weighted by Gasteiger charge is 2.20. The molecule has 0 amide bonds. The molecule has 0 radical (unpaired) electrons. The summed E-state index contributed by atoms with van der Waals surface area (Å²) in [6.07, 6.45) is 0. The minimum atomic E-state index is -0.623. The van der Waals surface area contributed by atoms with E-state index in [9.17, 15) is 15.4 Å². The van der Waals surface area contributed by atoms with Crippen molar-refractivity contribution in [1.29, 1.82) is 5.26 Å². The van der Waals surface area contributed by atoms with Crippen molar-refractivity contribution in [3.63, 3.8) is 0 Å². The summed E-state index contributed by atoms with van der Waals surface area (Å²) in [5, 5.41) is 28.0. The Hall–Kier alpha value is -2.72. The molecule has 2 rings (SSSR count). The van der Waals surface area contributed by atoms with E-state index in [1.165, 1.54) is 12.1 Å². The molecule has 0 unspecified atom stereocenters. The van der Waals surface area contributed by atoms with E-state index in [4.69, 9.17) is 16.3 Å². The maximum atomic E-state index is 11.0. The average Bonchev–Trinajstić information content (AvgIpc) is 2.45. The maximum absolute atomic E-state index is 11.0. The summed E-state index contributed by atoms with van der Waals surface area (Å²) in [5.74, 6) is -0.135. The molecule has 21 heavy (non-hydrogen) atoms. The van der Waals surface area contributed by atoms with Crippen molar-refractivity contribution in [2.45, 2.75) is 13.8 Å². The monoisotopic (exact) mass is 304 g/mol. The molecule has 0 bridgehead atoms. The minimum Gasteiger partial charge on any atom is -0.429 e. The number of aryl methyl sites for hydroxylation is 1. The molecule has 0 fully saturated rings. The van der Waals surface area contributed by atoms with Crippen LogP contribution in [-0.4, -0.2) is 15.1 Å². The summed E-state index contributed by atoms with van der Waals surface area (Å²) < 4.78 is 5.39. The van der Waals surface area contributed by atoms with E-state index in [1.807, 2.05) is 6.07 Å². The van der Waals surface area contributed by atoms with Crippen LogP contribution >= 0.6 is 11.6 Å². The molecular formula is C13H9ClN4O3. The second-order valence-electron chi connectivity index (χ2n) is 4.17. The van der Waals surface area contributed by atoms with Crippen molar-refractivity contribution >= 4 is 17.3 Å². The van der Waals surface area contributed by atoms with Crippen LogP contribution in [0.2, 0.25) is 5.02 Å². The number of nitro benzene ring substituents is 1. The Morgan fingerprint density at radius 1 is 1.38 bits per heavy atom.